The summed E-state index contributed by atoms with van der Waals surface area (Å²) in [5.41, 5.74) is 0.796. The third-order valence-electron chi connectivity index (χ3n) is 3.83. The molecule has 1 aromatic carbocycles. The van der Waals surface area contributed by atoms with Crippen LogP contribution < -0.4 is 5.32 Å². The lowest BCUT2D eigenvalue weighted by molar-refractivity contribution is 0.0942. The molecule has 3 heteroatoms. The number of fused-ring (bicyclic) bond motifs is 1. The van der Waals surface area contributed by atoms with Crippen molar-refractivity contribution in [3.05, 3.63) is 42.2 Å². The largest absolute Gasteiger partial charge is 0.307 e. The van der Waals surface area contributed by atoms with E-state index in [9.17, 15) is 4.79 Å². The molecular formula is C16H18N2O. The van der Waals surface area contributed by atoms with Crippen LogP contribution in [0.2, 0.25) is 0 Å². The van der Waals surface area contributed by atoms with Gasteiger partial charge in [0.2, 0.25) is 0 Å². The lowest BCUT2D eigenvalue weighted by Crippen LogP contribution is -2.36. The fourth-order valence-electron chi connectivity index (χ4n) is 2.77. The van der Waals surface area contributed by atoms with E-state index in [4.69, 9.17) is 0 Å². The molecule has 1 fully saturated rings. The Balaban J connectivity index is 1.96. The highest BCUT2D eigenvalue weighted by atomic mass is 16.1. The first-order valence-corrected chi connectivity index (χ1v) is 6.96. The van der Waals surface area contributed by atoms with Crippen molar-refractivity contribution in [2.75, 3.05) is 6.54 Å². The molecule has 0 aliphatic carbocycles. The number of hydrogen-bond acceptors (Lipinski definition) is 3. The maximum Gasteiger partial charge on any atom is 0.180 e. The van der Waals surface area contributed by atoms with Crippen molar-refractivity contribution in [3.63, 3.8) is 0 Å². The van der Waals surface area contributed by atoms with E-state index in [0.717, 1.165) is 35.7 Å². The Morgan fingerprint density at radius 2 is 2.16 bits per heavy atom. The summed E-state index contributed by atoms with van der Waals surface area (Å²) in [5.74, 6) is 0.209. The Kier molecular flexibility index (Phi) is 3.56. The van der Waals surface area contributed by atoms with Crippen molar-refractivity contribution in [2.24, 2.45) is 0 Å². The molecule has 1 atom stereocenters. The summed E-state index contributed by atoms with van der Waals surface area (Å²) in [6.07, 6.45) is 8.01. The van der Waals surface area contributed by atoms with Crippen LogP contribution in [0.25, 0.3) is 10.8 Å². The first-order chi connectivity index (χ1) is 9.36. The SMILES string of the molecule is O=C(c1cccc2ccncc12)C1CCCCCN1. The quantitative estimate of drug-likeness (QED) is 0.838. The topological polar surface area (TPSA) is 42.0 Å². The standard InChI is InChI=1S/C16H18N2O/c19-16(15-7-2-1-3-9-18-15)13-6-4-5-12-8-10-17-11-14(12)13/h4-6,8,10-11,15,18H,1-3,7,9H2. The zero-order valence-electron chi connectivity index (χ0n) is 10.9. The van der Waals surface area contributed by atoms with Crippen LogP contribution in [0.1, 0.15) is 36.0 Å². The zero-order chi connectivity index (χ0) is 13.1. The van der Waals surface area contributed by atoms with Crippen molar-refractivity contribution in [3.8, 4) is 0 Å². The molecular weight excluding hydrogens is 236 g/mol. The van der Waals surface area contributed by atoms with Gasteiger partial charge in [-0.1, -0.05) is 31.0 Å². The fraction of sp³-hybridized carbons (Fsp3) is 0.375. The number of pyridine rings is 1. The number of Topliss-reactive ketones (excluding diaryl/α,β-unsaturated/α-hetero) is 1. The number of ketones is 1. The van der Waals surface area contributed by atoms with E-state index < -0.39 is 0 Å². The molecule has 0 spiro atoms. The molecule has 0 radical (unpaired) electrons. The zero-order valence-corrected chi connectivity index (χ0v) is 10.9. The third kappa shape index (κ3) is 2.51. The molecule has 0 saturated carbocycles. The van der Waals surface area contributed by atoms with E-state index in [1.54, 1.807) is 12.4 Å². The second kappa shape index (κ2) is 5.49. The first kappa shape index (κ1) is 12.3. The van der Waals surface area contributed by atoms with Crippen molar-refractivity contribution < 1.29 is 4.79 Å². The highest BCUT2D eigenvalue weighted by Gasteiger charge is 2.22. The van der Waals surface area contributed by atoms with Crippen molar-refractivity contribution in [1.82, 2.24) is 10.3 Å². The molecule has 1 saturated heterocycles. The monoisotopic (exact) mass is 254 g/mol. The van der Waals surface area contributed by atoms with Gasteiger partial charge in [-0.15, -0.1) is 0 Å². The summed E-state index contributed by atoms with van der Waals surface area (Å²) < 4.78 is 0. The molecule has 1 unspecified atom stereocenters. The van der Waals surface area contributed by atoms with Crippen molar-refractivity contribution >= 4 is 16.6 Å². The van der Waals surface area contributed by atoms with Gasteiger partial charge in [0, 0.05) is 23.3 Å². The first-order valence-electron chi connectivity index (χ1n) is 6.96. The lowest BCUT2D eigenvalue weighted by atomic mass is 9.96. The van der Waals surface area contributed by atoms with Gasteiger partial charge < -0.3 is 5.32 Å². The highest BCUT2D eigenvalue weighted by Crippen LogP contribution is 2.21. The van der Waals surface area contributed by atoms with Gasteiger partial charge in [-0.25, -0.2) is 0 Å². The van der Waals surface area contributed by atoms with Crippen LogP contribution in [0.15, 0.2) is 36.7 Å². The number of aromatic nitrogens is 1. The Bertz CT molecular complexity index is 581. The number of rotatable bonds is 2. The Morgan fingerprint density at radius 3 is 3.11 bits per heavy atom. The van der Waals surface area contributed by atoms with Gasteiger partial charge in [-0.2, -0.15) is 0 Å². The fourth-order valence-corrected chi connectivity index (χ4v) is 2.77. The van der Waals surface area contributed by atoms with E-state index in [2.05, 4.69) is 10.3 Å². The average molecular weight is 254 g/mol. The predicted molar refractivity (Wildman–Crippen MR) is 76.3 cm³/mol. The summed E-state index contributed by atoms with van der Waals surface area (Å²) in [7, 11) is 0. The molecule has 19 heavy (non-hydrogen) atoms. The minimum absolute atomic E-state index is 0.0340. The summed E-state index contributed by atoms with van der Waals surface area (Å²) in [6, 6.07) is 7.81. The Morgan fingerprint density at radius 1 is 1.21 bits per heavy atom. The van der Waals surface area contributed by atoms with Crippen LogP contribution in [0.5, 0.6) is 0 Å². The van der Waals surface area contributed by atoms with Gasteiger partial charge >= 0.3 is 0 Å². The number of benzene rings is 1. The van der Waals surface area contributed by atoms with Gasteiger partial charge in [-0.05, 0) is 30.8 Å². The van der Waals surface area contributed by atoms with Gasteiger partial charge in [-0.3, -0.25) is 9.78 Å². The molecule has 0 amide bonds. The van der Waals surface area contributed by atoms with E-state index in [1.165, 1.54) is 12.8 Å². The molecule has 1 aromatic heterocycles. The average Bonchev–Trinajstić information content (AvgIpc) is 2.75. The highest BCUT2D eigenvalue weighted by molar-refractivity contribution is 6.10. The second-order valence-corrected chi connectivity index (χ2v) is 5.12. The molecule has 0 bridgehead atoms. The van der Waals surface area contributed by atoms with Crippen LogP contribution in [0.4, 0.5) is 0 Å². The summed E-state index contributed by atoms with van der Waals surface area (Å²) >= 11 is 0. The number of nitrogens with one attached hydrogen (secondary N) is 1. The second-order valence-electron chi connectivity index (χ2n) is 5.12. The lowest BCUT2D eigenvalue weighted by Gasteiger charge is -2.15. The maximum atomic E-state index is 12.7. The molecule has 1 aliphatic rings. The van der Waals surface area contributed by atoms with E-state index in [0.29, 0.717) is 0 Å². The summed E-state index contributed by atoms with van der Waals surface area (Å²) in [4.78, 5) is 16.8. The van der Waals surface area contributed by atoms with Crippen LogP contribution >= 0.6 is 0 Å². The third-order valence-corrected chi connectivity index (χ3v) is 3.83. The van der Waals surface area contributed by atoms with Crippen LogP contribution in [-0.4, -0.2) is 23.4 Å². The maximum absolute atomic E-state index is 12.7. The Labute approximate surface area is 113 Å². The minimum atomic E-state index is -0.0340. The van der Waals surface area contributed by atoms with Crippen molar-refractivity contribution in [1.29, 1.82) is 0 Å². The number of nitrogens with zero attached hydrogens (tertiary/aromatic N) is 1. The molecule has 2 heterocycles. The molecule has 3 nitrogen and oxygen atoms in total. The van der Waals surface area contributed by atoms with Gasteiger partial charge in [0.25, 0.3) is 0 Å². The summed E-state index contributed by atoms with van der Waals surface area (Å²) in [5, 5.41) is 5.41. The molecule has 3 rings (SSSR count). The summed E-state index contributed by atoms with van der Waals surface area (Å²) in [6.45, 7) is 0.944. The number of carbonyl (C=O) groups is 1. The van der Waals surface area contributed by atoms with Gasteiger partial charge in [0.15, 0.2) is 5.78 Å². The molecule has 1 N–H and O–H groups in total. The molecule has 1 aliphatic heterocycles. The van der Waals surface area contributed by atoms with E-state index >= 15 is 0 Å². The number of hydrogen-bond donors (Lipinski definition) is 1. The van der Waals surface area contributed by atoms with Gasteiger partial charge in [0.05, 0.1) is 6.04 Å². The van der Waals surface area contributed by atoms with Crippen molar-refractivity contribution in [2.45, 2.75) is 31.7 Å². The predicted octanol–water partition coefficient (Wildman–Crippen LogP) is 2.95. The smallest absolute Gasteiger partial charge is 0.180 e. The van der Waals surface area contributed by atoms with Crippen LogP contribution in [0, 0.1) is 0 Å². The van der Waals surface area contributed by atoms with Gasteiger partial charge in [0.1, 0.15) is 0 Å². The minimum Gasteiger partial charge on any atom is -0.307 e. The van der Waals surface area contributed by atoms with Crippen LogP contribution in [-0.2, 0) is 0 Å². The van der Waals surface area contributed by atoms with Crippen LogP contribution in [0.3, 0.4) is 0 Å². The van der Waals surface area contributed by atoms with E-state index in [-0.39, 0.29) is 11.8 Å². The Hall–Kier alpha value is -1.74. The normalized spacial score (nSPS) is 20.1. The molecule has 98 valence electrons. The van der Waals surface area contributed by atoms with E-state index in [1.807, 2.05) is 24.3 Å². The molecule has 2 aromatic rings. The number of carbonyl (C=O) groups excluding carboxylic acids is 1.